The minimum absolute atomic E-state index is 0.0403. The minimum Gasteiger partial charge on any atom is -0.351 e. The van der Waals surface area contributed by atoms with Gasteiger partial charge in [0, 0.05) is 23.5 Å². The lowest BCUT2D eigenvalue weighted by atomic mass is 10.1. The van der Waals surface area contributed by atoms with Crippen molar-refractivity contribution in [2.75, 3.05) is 31.5 Å². The third-order valence-electron chi connectivity index (χ3n) is 5.94. The van der Waals surface area contributed by atoms with Gasteiger partial charge in [-0.3, -0.25) is 9.59 Å². The number of carbonyl (C=O) groups excluding carboxylic acids is 2. The highest BCUT2D eigenvalue weighted by atomic mass is 32.2. The monoisotopic (exact) mass is 547 g/mol. The average molecular weight is 548 g/mol. The molecule has 2 N–H and O–H groups in total. The van der Waals surface area contributed by atoms with E-state index in [4.69, 9.17) is 0 Å². The Kier molecular flexibility index (Phi) is 15.7. The lowest BCUT2D eigenvalue weighted by Crippen LogP contribution is -2.35. The van der Waals surface area contributed by atoms with Crippen LogP contribution in [-0.2, 0) is 4.79 Å². The number of anilines is 1. The van der Waals surface area contributed by atoms with Crippen LogP contribution >= 0.6 is 11.8 Å². The SMILES string of the molecule is CCCN(CCC)CCNC(=O)c1ccc(/C=C(/CC/C=C\C=C/C(C)C)Sc2ccccc2NC=O)cc1. The molecule has 0 fully saturated rings. The van der Waals surface area contributed by atoms with Crippen LogP contribution in [0.15, 0.2) is 82.6 Å². The highest BCUT2D eigenvalue weighted by Gasteiger charge is 2.09. The quantitative estimate of drug-likeness (QED) is 0.114. The zero-order valence-electron chi connectivity index (χ0n) is 24.0. The number of hydrogen-bond donors (Lipinski definition) is 2. The van der Waals surface area contributed by atoms with E-state index in [1.54, 1.807) is 11.8 Å². The number of benzene rings is 2. The van der Waals surface area contributed by atoms with Gasteiger partial charge in [-0.25, -0.2) is 0 Å². The third-order valence-corrected chi connectivity index (χ3v) is 7.10. The molecule has 210 valence electrons. The minimum atomic E-state index is -0.0403. The molecule has 0 spiro atoms. The molecule has 0 unspecified atom stereocenters. The van der Waals surface area contributed by atoms with E-state index < -0.39 is 0 Å². The Hall–Kier alpha value is -3.09. The molecule has 0 saturated carbocycles. The molecule has 0 heterocycles. The number of allylic oxidation sites excluding steroid dienone is 5. The van der Waals surface area contributed by atoms with Gasteiger partial charge in [0.15, 0.2) is 0 Å². The second-order valence-electron chi connectivity index (χ2n) is 9.79. The molecule has 2 rings (SSSR count). The van der Waals surface area contributed by atoms with Gasteiger partial charge >= 0.3 is 0 Å². The number of para-hydroxylation sites is 1. The summed E-state index contributed by atoms with van der Waals surface area (Å²) in [5.74, 6) is 0.492. The van der Waals surface area contributed by atoms with Crippen LogP contribution < -0.4 is 10.6 Å². The number of hydrogen-bond acceptors (Lipinski definition) is 4. The number of amides is 2. The van der Waals surface area contributed by atoms with Crippen molar-refractivity contribution in [3.8, 4) is 0 Å². The number of thioether (sulfide) groups is 1. The van der Waals surface area contributed by atoms with Crippen molar-refractivity contribution in [2.45, 2.75) is 58.3 Å². The summed E-state index contributed by atoms with van der Waals surface area (Å²) in [6, 6.07) is 15.6. The Morgan fingerprint density at radius 3 is 2.36 bits per heavy atom. The molecule has 0 aromatic heterocycles. The molecular formula is C33H45N3O2S. The first-order valence-electron chi connectivity index (χ1n) is 14.1. The molecule has 5 nitrogen and oxygen atoms in total. The predicted octanol–water partition coefficient (Wildman–Crippen LogP) is 7.79. The van der Waals surface area contributed by atoms with Crippen LogP contribution in [0.5, 0.6) is 0 Å². The van der Waals surface area contributed by atoms with Gasteiger partial charge in [0.25, 0.3) is 5.91 Å². The van der Waals surface area contributed by atoms with E-state index in [-0.39, 0.29) is 5.91 Å². The Bertz CT molecular complexity index is 1080. The van der Waals surface area contributed by atoms with Gasteiger partial charge in [-0.1, -0.05) is 88.0 Å². The first-order chi connectivity index (χ1) is 19.0. The van der Waals surface area contributed by atoms with Crippen molar-refractivity contribution in [2.24, 2.45) is 5.92 Å². The predicted molar refractivity (Wildman–Crippen MR) is 168 cm³/mol. The lowest BCUT2D eigenvalue weighted by Gasteiger charge is -2.20. The molecule has 39 heavy (non-hydrogen) atoms. The summed E-state index contributed by atoms with van der Waals surface area (Å²) in [7, 11) is 0. The van der Waals surface area contributed by atoms with E-state index >= 15 is 0 Å². The molecule has 6 heteroatoms. The van der Waals surface area contributed by atoms with Crippen molar-refractivity contribution < 1.29 is 9.59 Å². The highest BCUT2D eigenvalue weighted by Crippen LogP contribution is 2.36. The van der Waals surface area contributed by atoms with Gasteiger partial charge in [-0.15, -0.1) is 0 Å². The maximum absolute atomic E-state index is 12.7. The van der Waals surface area contributed by atoms with Gasteiger partial charge in [-0.05, 0) is 85.5 Å². The summed E-state index contributed by atoms with van der Waals surface area (Å²) in [6.45, 7) is 12.3. The molecule has 0 aliphatic heterocycles. The Balaban J connectivity index is 2.10. The number of carbonyl (C=O) groups is 2. The molecule has 2 aromatic rings. The summed E-state index contributed by atoms with van der Waals surface area (Å²) < 4.78 is 0. The van der Waals surface area contributed by atoms with Crippen molar-refractivity contribution in [3.63, 3.8) is 0 Å². The highest BCUT2D eigenvalue weighted by molar-refractivity contribution is 8.03. The molecule has 0 radical (unpaired) electrons. The third kappa shape index (κ3) is 13.0. The van der Waals surface area contributed by atoms with E-state index in [1.165, 1.54) is 4.91 Å². The number of rotatable bonds is 18. The average Bonchev–Trinajstić information content (AvgIpc) is 2.92. The number of nitrogens with one attached hydrogen (secondary N) is 2. The standard InChI is InChI=1S/C33H45N3O2S/c1-5-22-36(23-6-2)24-21-34-33(38)29-19-17-28(18-20-29)25-30(14-10-8-7-9-13-27(3)4)39-32-16-12-11-15-31(32)35-26-37/h7-9,11-13,15-20,25-27H,5-6,10,14,21-24H2,1-4H3,(H,34,38)(H,35,37)/b8-7-,13-9-,30-25-. The van der Waals surface area contributed by atoms with Gasteiger partial charge in [-0.2, -0.15) is 0 Å². The largest absolute Gasteiger partial charge is 0.351 e. The smallest absolute Gasteiger partial charge is 0.251 e. The molecule has 0 aliphatic rings. The van der Waals surface area contributed by atoms with E-state index in [9.17, 15) is 9.59 Å². The summed E-state index contributed by atoms with van der Waals surface area (Å²) >= 11 is 1.65. The zero-order chi connectivity index (χ0) is 28.3. The molecule has 0 atom stereocenters. The van der Waals surface area contributed by atoms with Gasteiger partial charge in [0.1, 0.15) is 0 Å². The summed E-state index contributed by atoms with van der Waals surface area (Å²) in [6.07, 6.45) is 15.4. The summed E-state index contributed by atoms with van der Waals surface area (Å²) in [4.78, 5) is 28.3. The van der Waals surface area contributed by atoms with Gasteiger partial charge < -0.3 is 15.5 Å². The van der Waals surface area contributed by atoms with Crippen LogP contribution in [0.1, 0.15) is 69.3 Å². The van der Waals surface area contributed by atoms with E-state index in [0.29, 0.717) is 24.4 Å². The fraction of sp³-hybridized carbons (Fsp3) is 0.394. The van der Waals surface area contributed by atoms with E-state index in [0.717, 1.165) is 61.5 Å². The second-order valence-corrected chi connectivity index (χ2v) is 11.0. The normalized spacial score (nSPS) is 12.1. The van der Waals surface area contributed by atoms with Crippen LogP contribution in [0.25, 0.3) is 6.08 Å². The van der Waals surface area contributed by atoms with E-state index in [2.05, 4.69) is 73.6 Å². The first-order valence-corrected chi connectivity index (χ1v) is 14.9. The van der Waals surface area contributed by atoms with Crippen molar-refractivity contribution >= 4 is 35.8 Å². The molecule has 2 amide bonds. The number of nitrogens with zero attached hydrogens (tertiary/aromatic N) is 1. The molecule has 0 saturated heterocycles. The molecule has 0 aliphatic carbocycles. The van der Waals surface area contributed by atoms with Crippen LogP contribution in [-0.4, -0.2) is 43.4 Å². The van der Waals surface area contributed by atoms with Crippen LogP contribution in [0.4, 0.5) is 5.69 Å². The Morgan fingerprint density at radius 1 is 0.974 bits per heavy atom. The van der Waals surface area contributed by atoms with Crippen LogP contribution in [0.3, 0.4) is 0 Å². The van der Waals surface area contributed by atoms with Gasteiger partial charge in [0.2, 0.25) is 6.41 Å². The van der Waals surface area contributed by atoms with Crippen molar-refractivity contribution in [1.82, 2.24) is 10.2 Å². The maximum Gasteiger partial charge on any atom is 0.251 e. The van der Waals surface area contributed by atoms with Crippen molar-refractivity contribution in [1.29, 1.82) is 0 Å². The van der Waals surface area contributed by atoms with Gasteiger partial charge in [0.05, 0.1) is 5.69 Å². The molecular weight excluding hydrogens is 502 g/mol. The fourth-order valence-electron chi connectivity index (χ4n) is 4.03. The summed E-state index contributed by atoms with van der Waals surface area (Å²) in [5, 5.41) is 5.86. The lowest BCUT2D eigenvalue weighted by molar-refractivity contribution is -0.105. The van der Waals surface area contributed by atoms with Crippen molar-refractivity contribution in [3.05, 3.63) is 88.9 Å². The first kappa shape index (κ1) is 32.1. The Labute approximate surface area is 239 Å². The Morgan fingerprint density at radius 2 is 1.69 bits per heavy atom. The maximum atomic E-state index is 12.7. The van der Waals surface area contributed by atoms with Crippen LogP contribution in [0.2, 0.25) is 0 Å². The zero-order valence-corrected chi connectivity index (χ0v) is 24.8. The molecule has 0 bridgehead atoms. The van der Waals surface area contributed by atoms with E-state index in [1.807, 2.05) is 48.5 Å². The van der Waals surface area contributed by atoms with Crippen LogP contribution in [0, 0.1) is 5.92 Å². The fourth-order valence-corrected chi connectivity index (χ4v) is 5.11. The second kappa shape index (κ2) is 19.0. The molecule has 2 aromatic carbocycles. The topological polar surface area (TPSA) is 61.4 Å². The summed E-state index contributed by atoms with van der Waals surface area (Å²) in [5.41, 5.74) is 2.50.